The van der Waals surface area contributed by atoms with Gasteiger partial charge in [0.05, 0.1) is 26.2 Å². The fourth-order valence-corrected chi connectivity index (χ4v) is 3.11. The average molecular weight is 368 g/mol. The number of aromatic nitrogens is 4. The number of imidazole rings is 1. The van der Waals surface area contributed by atoms with E-state index >= 15 is 0 Å². The molecular formula is C18H20N6O3. The number of hydrogen-bond acceptors (Lipinski definition) is 7. The second-order valence-electron chi connectivity index (χ2n) is 6.35. The predicted octanol–water partition coefficient (Wildman–Crippen LogP) is 0.564. The molecular weight excluding hydrogens is 348 g/mol. The Labute approximate surface area is 155 Å². The number of nitrogen functional groups attached to an aromatic ring is 1. The summed E-state index contributed by atoms with van der Waals surface area (Å²) in [5.41, 5.74) is 7.72. The lowest BCUT2D eigenvalue weighted by Gasteiger charge is -2.26. The van der Waals surface area contributed by atoms with Gasteiger partial charge in [0, 0.05) is 13.1 Å². The molecule has 3 heterocycles. The van der Waals surface area contributed by atoms with Crippen molar-refractivity contribution >= 4 is 22.9 Å². The number of morpholine rings is 1. The SMILES string of the molecule is Nc1nc(CC(=O)N2CCOCC2)nc2c1nc(O)n2Cc1ccccc1. The van der Waals surface area contributed by atoms with E-state index in [1.54, 1.807) is 9.47 Å². The van der Waals surface area contributed by atoms with Crippen LogP contribution in [0, 0.1) is 0 Å². The van der Waals surface area contributed by atoms with Crippen molar-refractivity contribution < 1.29 is 14.6 Å². The number of nitrogens with two attached hydrogens (primary N) is 1. The van der Waals surface area contributed by atoms with Gasteiger partial charge in [-0.1, -0.05) is 30.3 Å². The van der Waals surface area contributed by atoms with Crippen LogP contribution >= 0.6 is 0 Å². The summed E-state index contributed by atoms with van der Waals surface area (Å²) in [6.45, 7) is 2.57. The summed E-state index contributed by atoms with van der Waals surface area (Å²) in [6, 6.07) is 9.46. The largest absolute Gasteiger partial charge is 0.480 e. The maximum atomic E-state index is 12.5. The number of nitrogens with zero attached hydrogens (tertiary/aromatic N) is 5. The van der Waals surface area contributed by atoms with Crippen molar-refractivity contribution in [2.24, 2.45) is 0 Å². The monoisotopic (exact) mass is 368 g/mol. The maximum Gasteiger partial charge on any atom is 0.296 e. The van der Waals surface area contributed by atoms with Gasteiger partial charge in [-0.3, -0.25) is 9.36 Å². The van der Waals surface area contributed by atoms with Gasteiger partial charge >= 0.3 is 0 Å². The van der Waals surface area contributed by atoms with Gasteiger partial charge in [-0.15, -0.1) is 0 Å². The van der Waals surface area contributed by atoms with E-state index in [0.717, 1.165) is 5.56 Å². The number of anilines is 1. The Morgan fingerprint density at radius 1 is 1.15 bits per heavy atom. The number of fused-ring (bicyclic) bond motifs is 1. The number of carbonyl (C=O) groups is 1. The van der Waals surface area contributed by atoms with Crippen molar-refractivity contribution in [2.45, 2.75) is 13.0 Å². The van der Waals surface area contributed by atoms with E-state index in [2.05, 4.69) is 15.0 Å². The molecule has 1 aromatic carbocycles. The molecule has 1 aliphatic heterocycles. The van der Waals surface area contributed by atoms with Crippen LogP contribution in [-0.2, 0) is 22.5 Å². The standard InChI is InChI=1S/C18H20N6O3/c19-16-15-17(24(18(26)22-15)11-12-4-2-1-3-5-12)21-13(20-16)10-14(25)23-6-8-27-9-7-23/h1-5H,6-11H2,(H,22,26)(H2,19,20,21). The van der Waals surface area contributed by atoms with Gasteiger partial charge in [0.15, 0.2) is 17.0 Å². The Morgan fingerprint density at radius 3 is 2.63 bits per heavy atom. The lowest BCUT2D eigenvalue weighted by molar-refractivity contribution is -0.134. The fraction of sp³-hybridized carbons (Fsp3) is 0.333. The smallest absolute Gasteiger partial charge is 0.296 e. The van der Waals surface area contributed by atoms with E-state index in [4.69, 9.17) is 10.5 Å². The van der Waals surface area contributed by atoms with Crippen molar-refractivity contribution in [2.75, 3.05) is 32.0 Å². The molecule has 0 saturated carbocycles. The highest BCUT2D eigenvalue weighted by atomic mass is 16.5. The molecule has 0 spiro atoms. The normalized spacial score (nSPS) is 14.6. The van der Waals surface area contributed by atoms with Crippen molar-refractivity contribution in [3.8, 4) is 6.01 Å². The summed E-state index contributed by atoms with van der Waals surface area (Å²) in [5, 5.41) is 10.2. The molecule has 0 aliphatic carbocycles. The third-order valence-electron chi connectivity index (χ3n) is 4.50. The first-order valence-corrected chi connectivity index (χ1v) is 8.73. The highest BCUT2D eigenvalue weighted by molar-refractivity contribution is 5.84. The minimum absolute atomic E-state index is 0.0391. The second kappa shape index (κ2) is 7.20. The summed E-state index contributed by atoms with van der Waals surface area (Å²) in [6.07, 6.45) is 0.0391. The van der Waals surface area contributed by atoms with Gasteiger partial charge in [-0.05, 0) is 5.56 Å². The van der Waals surface area contributed by atoms with E-state index in [1.165, 1.54) is 0 Å². The maximum absolute atomic E-state index is 12.5. The Bertz CT molecular complexity index is 966. The Morgan fingerprint density at radius 2 is 1.89 bits per heavy atom. The summed E-state index contributed by atoms with van der Waals surface area (Å²) in [5.74, 6) is 0.382. The molecule has 1 fully saturated rings. The third kappa shape index (κ3) is 3.54. The molecule has 27 heavy (non-hydrogen) atoms. The van der Waals surface area contributed by atoms with Crippen LogP contribution < -0.4 is 5.73 Å². The quantitative estimate of drug-likeness (QED) is 0.690. The molecule has 0 radical (unpaired) electrons. The Hall–Kier alpha value is -3.20. The first kappa shape index (κ1) is 17.2. The van der Waals surface area contributed by atoms with Gasteiger partial charge in [0.2, 0.25) is 5.91 Å². The number of benzene rings is 1. The molecule has 4 rings (SSSR count). The lowest BCUT2D eigenvalue weighted by atomic mass is 10.2. The summed E-state index contributed by atoms with van der Waals surface area (Å²) >= 11 is 0. The molecule has 3 aromatic rings. The molecule has 1 saturated heterocycles. The molecule has 0 unspecified atom stereocenters. The highest BCUT2D eigenvalue weighted by Crippen LogP contribution is 2.24. The Kier molecular flexibility index (Phi) is 4.59. The molecule has 9 nitrogen and oxygen atoms in total. The van der Waals surface area contributed by atoms with Crippen molar-refractivity contribution in [1.29, 1.82) is 0 Å². The first-order valence-electron chi connectivity index (χ1n) is 8.73. The van der Waals surface area contributed by atoms with Crippen LogP contribution in [0.2, 0.25) is 0 Å². The van der Waals surface area contributed by atoms with Crippen molar-refractivity contribution in [1.82, 2.24) is 24.4 Å². The predicted molar refractivity (Wildman–Crippen MR) is 98.0 cm³/mol. The summed E-state index contributed by atoms with van der Waals surface area (Å²) in [7, 11) is 0. The number of hydrogen-bond donors (Lipinski definition) is 2. The minimum atomic E-state index is -0.188. The van der Waals surface area contributed by atoms with E-state index in [1.807, 2.05) is 30.3 Å². The average Bonchev–Trinajstić information content (AvgIpc) is 3.00. The Balaban J connectivity index is 1.65. The third-order valence-corrected chi connectivity index (χ3v) is 4.50. The number of aromatic hydroxyl groups is 1. The van der Waals surface area contributed by atoms with E-state index < -0.39 is 0 Å². The zero-order valence-electron chi connectivity index (χ0n) is 14.7. The topological polar surface area (TPSA) is 119 Å². The molecule has 2 aromatic heterocycles. The van der Waals surface area contributed by atoms with Crippen molar-refractivity contribution in [3.63, 3.8) is 0 Å². The number of carbonyl (C=O) groups excluding carboxylic acids is 1. The summed E-state index contributed by atoms with van der Waals surface area (Å²) < 4.78 is 6.83. The molecule has 1 amide bonds. The van der Waals surface area contributed by atoms with Gasteiger partial charge < -0.3 is 20.5 Å². The van der Waals surface area contributed by atoms with Crippen LogP contribution in [0.5, 0.6) is 6.01 Å². The minimum Gasteiger partial charge on any atom is -0.480 e. The lowest BCUT2D eigenvalue weighted by Crippen LogP contribution is -2.41. The van der Waals surface area contributed by atoms with E-state index in [9.17, 15) is 9.90 Å². The van der Waals surface area contributed by atoms with Gasteiger partial charge in [0.25, 0.3) is 6.01 Å². The van der Waals surface area contributed by atoms with Gasteiger partial charge in [-0.2, -0.15) is 4.98 Å². The van der Waals surface area contributed by atoms with Gasteiger partial charge in [-0.25, -0.2) is 9.97 Å². The zero-order chi connectivity index (χ0) is 18.8. The van der Waals surface area contributed by atoms with Crippen molar-refractivity contribution in [3.05, 3.63) is 41.7 Å². The van der Waals surface area contributed by atoms with Crippen LogP contribution in [0.4, 0.5) is 5.82 Å². The summed E-state index contributed by atoms with van der Waals surface area (Å²) in [4.78, 5) is 26.9. The second-order valence-corrected chi connectivity index (χ2v) is 6.35. The highest BCUT2D eigenvalue weighted by Gasteiger charge is 2.21. The molecule has 0 atom stereocenters. The van der Waals surface area contributed by atoms with Gasteiger partial charge in [0.1, 0.15) is 5.82 Å². The molecule has 9 heteroatoms. The van der Waals surface area contributed by atoms with Crippen LogP contribution in [0.15, 0.2) is 30.3 Å². The molecule has 1 aliphatic rings. The molecule has 3 N–H and O–H groups in total. The number of ether oxygens (including phenoxy) is 1. The van der Waals surface area contributed by atoms with Crippen LogP contribution in [0.3, 0.4) is 0 Å². The van der Waals surface area contributed by atoms with Crippen LogP contribution in [0.25, 0.3) is 11.2 Å². The molecule has 0 bridgehead atoms. The zero-order valence-corrected chi connectivity index (χ0v) is 14.7. The molecule has 140 valence electrons. The van der Waals surface area contributed by atoms with Crippen LogP contribution in [-0.4, -0.2) is 61.7 Å². The number of rotatable bonds is 4. The van der Waals surface area contributed by atoms with Crippen LogP contribution in [0.1, 0.15) is 11.4 Å². The van der Waals surface area contributed by atoms with E-state index in [0.29, 0.717) is 49.8 Å². The van der Waals surface area contributed by atoms with E-state index in [-0.39, 0.29) is 24.2 Å². The fourth-order valence-electron chi connectivity index (χ4n) is 3.11. The first-order chi connectivity index (χ1) is 13.1. The number of amides is 1.